The molecule has 5 rings (SSSR count). The van der Waals surface area contributed by atoms with Crippen molar-refractivity contribution in [3.05, 3.63) is 101 Å². The summed E-state index contributed by atoms with van der Waals surface area (Å²) < 4.78 is 4.74. The lowest BCUT2D eigenvalue weighted by molar-refractivity contribution is -0.383. The molecule has 9 nitrogen and oxygen atoms in total. The summed E-state index contributed by atoms with van der Waals surface area (Å²) in [6.07, 6.45) is 0. The molecular formula is C25H16N4O5. The van der Waals surface area contributed by atoms with E-state index in [0.29, 0.717) is 16.9 Å². The molecule has 9 heteroatoms. The zero-order valence-electron chi connectivity index (χ0n) is 17.5. The minimum absolute atomic E-state index is 0.0183. The number of nitrogens with zero attached hydrogens (tertiary/aromatic N) is 3. The first kappa shape index (κ1) is 20.8. The van der Waals surface area contributed by atoms with E-state index in [2.05, 4.69) is 15.6 Å². The van der Waals surface area contributed by atoms with Gasteiger partial charge < -0.3 is 10.4 Å². The predicted octanol–water partition coefficient (Wildman–Crippen LogP) is 5.91. The van der Waals surface area contributed by atoms with Gasteiger partial charge in [0, 0.05) is 17.3 Å². The van der Waals surface area contributed by atoms with Crippen LogP contribution in [0.3, 0.4) is 0 Å². The molecule has 0 amide bonds. The Balaban J connectivity index is 1.63. The number of nitro groups is 1. The molecule has 4 aromatic carbocycles. The summed E-state index contributed by atoms with van der Waals surface area (Å²) >= 11 is 0. The summed E-state index contributed by atoms with van der Waals surface area (Å²) in [5.74, 6) is -1.05. The molecule has 1 heterocycles. The third-order valence-corrected chi connectivity index (χ3v) is 5.41. The molecule has 0 spiro atoms. The molecule has 0 atom stereocenters. The Bertz CT molecular complexity index is 1550. The Morgan fingerprint density at radius 1 is 0.824 bits per heavy atom. The van der Waals surface area contributed by atoms with Crippen molar-refractivity contribution in [2.45, 2.75) is 0 Å². The number of carbonyl (C=O) groups is 1. The summed E-state index contributed by atoms with van der Waals surface area (Å²) in [6.45, 7) is 0. The van der Waals surface area contributed by atoms with Gasteiger partial charge in [-0.05, 0) is 57.3 Å². The number of carboxylic acids is 1. The molecular weight excluding hydrogens is 436 g/mol. The smallest absolute Gasteiger partial charge is 0.335 e. The molecule has 0 aliphatic heterocycles. The fourth-order valence-electron chi connectivity index (χ4n) is 3.77. The van der Waals surface area contributed by atoms with Crippen molar-refractivity contribution >= 4 is 34.1 Å². The second-order valence-corrected chi connectivity index (χ2v) is 7.49. The molecule has 0 bridgehead atoms. The first-order valence-electron chi connectivity index (χ1n) is 10.2. The van der Waals surface area contributed by atoms with Crippen LogP contribution in [0, 0.1) is 10.1 Å². The van der Waals surface area contributed by atoms with Crippen LogP contribution in [0.25, 0.3) is 33.3 Å². The minimum Gasteiger partial charge on any atom is -0.478 e. The number of non-ortho nitro benzene ring substituents is 1. The zero-order valence-corrected chi connectivity index (χ0v) is 17.5. The van der Waals surface area contributed by atoms with Crippen LogP contribution in [0.4, 0.5) is 17.1 Å². The maximum Gasteiger partial charge on any atom is 0.335 e. The number of rotatable bonds is 6. The number of aromatic nitrogens is 2. The van der Waals surface area contributed by atoms with Gasteiger partial charge in [0.2, 0.25) is 5.52 Å². The number of anilines is 2. The largest absolute Gasteiger partial charge is 0.478 e. The number of fused-ring (bicyclic) bond motifs is 1. The summed E-state index contributed by atoms with van der Waals surface area (Å²) in [7, 11) is 0. The van der Waals surface area contributed by atoms with Gasteiger partial charge in [-0.25, -0.2) is 9.42 Å². The van der Waals surface area contributed by atoms with E-state index < -0.39 is 10.9 Å². The van der Waals surface area contributed by atoms with E-state index in [4.69, 9.17) is 4.63 Å². The highest BCUT2D eigenvalue weighted by molar-refractivity contribution is 5.98. The highest BCUT2D eigenvalue weighted by Crippen LogP contribution is 2.36. The number of nitro benzene ring substituents is 1. The van der Waals surface area contributed by atoms with Crippen molar-refractivity contribution in [3.8, 4) is 22.3 Å². The Kier molecular flexibility index (Phi) is 5.19. The number of aromatic carboxylic acids is 1. The summed E-state index contributed by atoms with van der Waals surface area (Å²) in [5.41, 5.74) is 4.58. The van der Waals surface area contributed by atoms with Gasteiger partial charge in [0.25, 0.3) is 0 Å². The second kappa shape index (κ2) is 8.47. The van der Waals surface area contributed by atoms with Gasteiger partial charge in [-0.15, -0.1) is 0 Å². The van der Waals surface area contributed by atoms with Crippen molar-refractivity contribution in [1.29, 1.82) is 0 Å². The average Bonchev–Trinajstić information content (AvgIpc) is 3.35. The van der Waals surface area contributed by atoms with Gasteiger partial charge in [0.05, 0.1) is 16.2 Å². The van der Waals surface area contributed by atoms with Crippen LogP contribution in [0.15, 0.2) is 89.6 Å². The van der Waals surface area contributed by atoms with Gasteiger partial charge >= 0.3 is 11.7 Å². The van der Waals surface area contributed by atoms with E-state index in [1.165, 1.54) is 18.2 Å². The van der Waals surface area contributed by atoms with Crippen LogP contribution in [0.2, 0.25) is 0 Å². The maximum atomic E-state index is 11.7. The van der Waals surface area contributed by atoms with E-state index in [9.17, 15) is 20.0 Å². The van der Waals surface area contributed by atoms with Crippen LogP contribution < -0.4 is 5.32 Å². The van der Waals surface area contributed by atoms with Gasteiger partial charge in [-0.1, -0.05) is 48.5 Å². The lowest BCUT2D eigenvalue weighted by Gasteiger charge is -2.14. The fraction of sp³-hybridized carbons (Fsp3) is 0. The van der Waals surface area contributed by atoms with Crippen molar-refractivity contribution in [2.75, 3.05) is 5.32 Å². The summed E-state index contributed by atoms with van der Waals surface area (Å²) in [4.78, 5) is 22.4. The van der Waals surface area contributed by atoms with E-state index >= 15 is 0 Å². The molecule has 0 saturated heterocycles. The SMILES string of the molecule is O=C(O)c1ccc(Nc2ccc([N+](=O)[O-])c3nonc23)c(-c2cccc(-c3ccccc3)c2)c1. The monoisotopic (exact) mass is 452 g/mol. The van der Waals surface area contributed by atoms with Crippen LogP contribution in [-0.4, -0.2) is 26.3 Å². The number of hydrogen-bond donors (Lipinski definition) is 2. The highest BCUT2D eigenvalue weighted by Gasteiger charge is 2.20. The van der Waals surface area contributed by atoms with Crippen molar-refractivity contribution in [1.82, 2.24) is 10.3 Å². The lowest BCUT2D eigenvalue weighted by atomic mass is 9.96. The number of nitrogens with one attached hydrogen (secondary N) is 1. The maximum absolute atomic E-state index is 11.7. The molecule has 1 aromatic heterocycles. The number of carboxylic acid groups (broad SMARTS) is 1. The normalized spacial score (nSPS) is 10.8. The Morgan fingerprint density at radius 3 is 2.29 bits per heavy atom. The average molecular weight is 452 g/mol. The number of benzene rings is 4. The lowest BCUT2D eigenvalue weighted by Crippen LogP contribution is -2.00. The number of hydrogen-bond acceptors (Lipinski definition) is 7. The first-order chi connectivity index (χ1) is 16.5. The van der Waals surface area contributed by atoms with E-state index in [-0.39, 0.29) is 22.3 Å². The Labute approximate surface area is 192 Å². The first-order valence-corrected chi connectivity index (χ1v) is 10.2. The third kappa shape index (κ3) is 3.82. The molecule has 0 radical (unpaired) electrons. The fourth-order valence-corrected chi connectivity index (χ4v) is 3.77. The highest BCUT2D eigenvalue weighted by atomic mass is 16.6. The van der Waals surface area contributed by atoms with Crippen molar-refractivity contribution in [3.63, 3.8) is 0 Å². The van der Waals surface area contributed by atoms with Gasteiger partial charge in [0.1, 0.15) is 0 Å². The summed E-state index contributed by atoms with van der Waals surface area (Å²) in [5, 5.41) is 31.5. The molecule has 0 aliphatic rings. The standard InChI is InChI=1S/C25H16N4O5/c30-25(31)18-9-10-20(26-21-11-12-22(29(32)33)24-23(21)27-34-28-24)19(14-18)17-8-4-7-16(13-17)15-5-2-1-3-6-15/h1-14,26H,(H,30,31). The topological polar surface area (TPSA) is 131 Å². The predicted molar refractivity (Wildman–Crippen MR) is 126 cm³/mol. The molecule has 34 heavy (non-hydrogen) atoms. The molecule has 0 fully saturated rings. The van der Waals surface area contributed by atoms with Crippen LogP contribution in [0.5, 0.6) is 0 Å². The van der Waals surface area contributed by atoms with Crippen molar-refractivity contribution in [2.24, 2.45) is 0 Å². The van der Waals surface area contributed by atoms with Gasteiger partial charge in [-0.3, -0.25) is 10.1 Å². The van der Waals surface area contributed by atoms with Gasteiger partial charge in [-0.2, -0.15) is 0 Å². The molecule has 166 valence electrons. The Hall–Kier alpha value is -5.05. The molecule has 0 unspecified atom stereocenters. The van der Waals surface area contributed by atoms with Crippen LogP contribution >= 0.6 is 0 Å². The third-order valence-electron chi connectivity index (χ3n) is 5.41. The molecule has 0 aliphatic carbocycles. The minimum atomic E-state index is -1.05. The summed E-state index contributed by atoms with van der Waals surface area (Å²) in [6, 6.07) is 25.1. The molecule has 5 aromatic rings. The van der Waals surface area contributed by atoms with Crippen LogP contribution in [-0.2, 0) is 0 Å². The quantitative estimate of drug-likeness (QED) is 0.240. The molecule has 0 saturated carbocycles. The second-order valence-electron chi connectivity index (χ2n) is 7.49. The van der Waals surface area contributed by atoms with Crippen molar-refractivity contribution < 1.29 is 19.5 Å². The van der Waals surface area contributed by atoms with Crippen LogP contribution in [0.1, 0.15) is 10.4 Å². The Morgan fingerprint density at radius 2 is 1.53 bits per heavy atom. The van der Waals surface area contributed by atoms with E-state index in [1.807, 2.05) is 54.6 Å². The molecule has 2 N–H and O–H groups in total. The van der Waals surface area contributed by atoms with E-state index in [1.54, 1.807) is 12.1 Å². The van der Waals surface area contributed by atoms with Gasteiger partial charge in [0.15, 0.2) is 5.52 Å². The van der Waals surface area contributed by atoms with E-state index in [0.717, 1.165) is 16.7 Å². The zero-order chi connectivity index (χ0) is 23.7.